The van der Waals surface area contributed by atoms with Gasteiger partial charge in [-0.1, -0.05) is 23.2 Å². The van der Waals surface area contributed by atoms with Crippen LogP contribution in [0, 0.1) is 22.7 Å². The van der Waals surface area contributed by atoms with E-state index in [0.29, 0.717) is 0 Å². The van der Waals surface area contributed by atoms with E-state index in [1.54, 1.807) is 0 Å². The van der Waals surface area contributed by atoms with Gasteiger partial charge < -0.3 is 4.90 Å². The Hall–Kier alpha value is -1.89. The third-order valence-electron chi connectivity index (χ3n) is 2.22. The molecule has 6 nitrogen and oxygen atoms in total. The minimum Gasteiger partial charge on any atom is -0.336 e. The van der Waals surface area contributed by atoms with Crippen molar-refractivity contribution in [1.82, 2.24) is 15.1 Å². The van der Waals surface area contributed by atoms with Crippen molar-refractivity contribution in [3.8, 4) is 12.1 Å². The second-order valence-electron chi connectivity index (χ2n) is 3.48. The van der Waals surface area contributed by atoms with Crippen LogP contribution >= 0.6 is 23.2 Å². The Labute approximate surface area is 120 Å². The van der Waals surface area contributed by atoms with Gasteiger partial charge in [-0.05, 0) is 6.07 Å². The lowest BCUT2D eigenvalue weighted by molar-refractivity contribution is 0.0762. The molecule has 1 aromatic rings. The number of amides is 1. The molecule has 0 aliphatic carbocycles. The predicted molar refractivity (Wildman–Crippen MR) is 68.4 cm³/mol. The van der Waals surface area contributed by atoms with E-state index in [-0.39, 0.29) is 41.8 Å². The molecule has 0 saturated heterocycles. The molecule has 0 spiro atoms. The summed E-state index contributed by atoms with van der Waals surface area (Å²) in [7, 11) is 0. The summed E-state index contributed by atoms with van der Waals surface area (Å²) in [6.45, 7) is 0.431. The van der Waals surface area contributed by atoms with Gasteiger partial charge in [0.1, 0.15) is 0 Å². The number of halogens is 2. The zero-order valence-electron chi connectivity index (χ0n) is 9.81. The molecule has 0 aliphatic heterocycles. The van der Waals surface area contributed by atoms with Crippen LogP contribution in [0.2, 0.25) is 10.3 Å². The number of rotatable bonds is 5. The van der Waals surface area contributed by atoms with Crippen LogP contribution < -0.4 is 0 Å². The first kappa shape index (κ1) is 15.2. The zero-order chi connectivity index (χ0) is 14.3. The highest BCUT2D eigenvalue weighted by Crippen LogP contribution is 2.17. The summed E-state index contributed by atoms with van der Waals surface area (Å²) >= 11 is 11.5. The molecule has 0 saturated carbocycles. The minimum atomic E-state index is -0.424. The van der Waals surface area contributed by atoms with Gasteiger partial charge in [0.25, 0.3) is 5.91 Å². The lowest BCUT2D eigenvalue weighted by Gasteiger charge is -2.20. The molecule has 0 aliphatic rings. The first-order valence-electron chi connectivity index (χ1n) is 5.32. The standard InChI is InChI=1S/C11H9Cl2N5O/c12-9-7-8(10(13)17-16-9)11(19)18(5-1-3-14)6-2-4-15/h7H,1-2,5-6H2. The van der Waals surface area contributed by atoms with Crippen LogP contribution in [0.5, 0.6) is 0 Å². The van der Waals surface area contributed by atoms with Gasteiger partial charge in [0, 0.05) is 13.1 Å². The van der Waals surface area contributed by atoms with Crippen molar-refractivity contribution in [2.24, 2.45) is 0 Å². The van der Waals surface area contributed by atoms with Crippen molar-refractivity contribution in [3.63, 3.8) is 0 Å². The van der Waals surface area contributed by atoms with E-state index in [1.807, 2.05) is 12.1 Å². The molecular formula is C11H9Cl2N5O. The van der Waals surface area contributed by atoms with Crippen LogP contribution in [-0.4, -0.2) is 34.1 Å². The van der Waals surface area contributed by atoms with E-state index in [0.717, 1.165) is 0 Å². The average Bonchev–Trinajstić information content (AvgIpc) is 2.41. The van der Waals surface area contributed by atoms with Gasteiger partial charge in [0.05, 0.1) is 30.5 Å². The molecule has 1 rings (SSSR count). The molecular weight excluding hydrogens is 289 g/mol. The Morgan fingerprint density at radius 2 is 1.79 bits per heavy atom. The highest BCUT2D eigenvalue weighted by atomic mass is 35.5. The Morgan fingerprint density at radius 3 is 2.32 bits per heavy atom. The van der Waals surface area contributed by atoms with Gasteiger partial charge >= 0.3 is 0 Å². The molecule has 98 valence electrons. The van der Waals surface area contributed by atoms with Gasteiger partial charge in [0.2, 0.25) is 0 Å². The lowest BCUT2D eigenvalue weighted by Crippen LogP contribution is -2.33. The van der Waals surface area contributed by atoms with Gasteiger partial charge in [-0.15, -0.1) is 10.2 Å². The molecule has 0 bridgehead atoms. The molecule has 19 heavy (non-hydrogen) atoms. The molecule has 0 aromatic carbocycles. The maximum absolute atomic E-state index is 12.2. The smallest absolute Gasteiger partial charge is 0.257 e. The first-order chi connectivity index (χ1) is 9.10. The van der Waals surface area contributed by atoms with E-state index in [1.165, 1.54) is 11.0 Å². The first-order valence-corrected chi connectivity index (χ1v) is 6.07. The van der Waals surface area contributed by atoms with Gasteiger partial charge in [-0.2, -0.15) is 10.5 Å². The fourth-order valence-corrected chi connectivity index (χ4v) is 1.68. The number of nitrogens with zero attached hydrogens (tertiary/aromatic N) is 5. The SMILES string of the molecule is N#CCCN(CCC#N)C(=O)c1cc(Cl)nnc1Cl. The fraction of sp³-hybridized carbons (Fsp3) is 0.364. The maximum atomic E-state index is 12.2. The van der Waals surface area contributed by atoms with Crippen molar-refractivity contribution in [2.75, 3.05) is 13.1 Å². The summed E-state index contributed by atoms with van der Waals surface area (Å²) in [6, 6.07) is 5.20. The highest BCUT2D eigenvalue weighted by Gasteiger charge is 2.19. The molecule has 0 fully saturated rings. The van der Waals surface area contributed by atoms with Crippen molar-refractivity contribution in [2.45, 2.75) is 12.8 Å². The summed E-state index contributed by atoms with van der Waals surface area (Å²) in [5.74, 6) is -0.424. The monoisotopic (exact) mass is 297 g/mol. The van der Waals surface area contributed by atoms with Crippen molar-refractivity contribution in [1.29, 1.82) is 10.5 Å². The fourth-order valence-electron chi connectivity index (χ4n) is 1.36. The van der Waals surface area contributed by atoms with Gasteiger partial charge in [-0.25, -0.2) is 0 Å². The maximum Gasteiger partial charge on any atom is 0.257 e. The van der Waals surface area contributed by atoms with Crippen LogP contribution in [0.4, 0.5) is 0 Å². The van der Waals surface area contributed by atoms with Crippen molar-refractivity contribution < 1.29 is 4.79 Å². The third-order valence-corrected chi connectivity index (χ3v) is 2.69. The highest BCUT2D eigenvalue weighted by molar-refractivity contribution is 6.34. The average molecular weight is 298 g/mol. The van der Waals surface area contributed by atoms with Crippen LogP contribution in [-0.2, 0) is 0 Å². The number of hydrogen-bond donors (Lipinski definition) is 0. The number of nitriles is 2. The Balaban J connectivity index is 2.94. The second-order valence-corrected chi connectivity index (χ2v) is 4.23. The normalized spacial score (nSPS) is 9.47. The van der Waals surface area contributed by atoms with Crippen LogP contribution in [0.25, 0.3) is 0 Å². The van der Waals surface area contributed by atoms with E-state index in [9.17, 15) is 4.79 Å². The number of carbonyl (C=O) groups excluding carboxylic acids is 1. The molecule has 0 atom stereocenters. The number of hydrogen-bond acceptors (Lipinski definition) is 5. The van der Waals surface area contributed by atoms with E-state index >= 15 is 0 Å². The molecule has 8 heteroatoms. The summed E-state index contributed by atoms with van der Waals surface area (Å²) < 4.78 is 0. The molecule has 0 N–H and O–H groups in total. The molecule has 0 radical (unpaired) electrons. The van der Waals surface area contributed by atoms with Crippen LogP contribution in [0.15, 0.2) is 6.07 Å². The molecule has 1 heterocycles. The third kappa shape index (κ3) is 4.36. The van der Waals surface area contributed by atoms with Crippen LogP contribution in [0.1, 0.15) is 23.2 Å². The molecule has 1 aromatic heterocycles. The summed E-state index contributed by atoms with van der Waals surface area (Å²) in [5, 5.41) is 24.2. The summed E-state index contributed by atoms with van der Waals surface area (Å²) in [5.41, 5.74) is 0.109. The predicted octanol–water partition coefficient (Wildman–Crippen LogP) is 2.05. The van der Waals surface area contributed by atoms with Gasteiger partial charge in [-0.3, -0.25) is 4.79 Å². The quantitative estimate of drug-likeness (QED) is 0.829. The summed E-state index contributed by atoms with van der Waals surface area (Å²) in [6.07, 6.45) is 0.335. The van der Waals surface area contributed by atoms with Crippen molar-refractivity contribution >= 4 is 29.1 Å². The topological polar surface area (TPSA) is 93.7 Å². The van der Waals surface area contributed by atoms with Crippen molar-refractivity contribution in [3.05, 3.63) is 21.9 Å². The van der Waals surface area contributed by atoms with Crippen LogP contribution in [0.3, 0.4) is 0 Å². The molecule has 0 unspecified atom stereocenters. The van der Waals surface area contributed by atoms with E-state index in [2.05, 4.69) is 10.2 Å². The largest absolute Gasteiger partial charge is 0.336 e. The zero-order valence-corrected chi connectivity index (χ0v) is 11.3. The Bertz CT molecular complexity index is 531. The Morgan fingerprint density at radius 1 is 1.21 bits per heavy atom. The second kappa shape index (κ2) is 7.52. The number of aromatic nitrogens is 2. The lowest BCUT2D eigenvalue weighted by atomic mass is 10.2. The van der Waals surface area contributed by atoms with E-state index in [4.69, 9.17) is 33.7 Å². The minimum absolute atomic E-state index is 0.0493. The number of carbonyl (C=O) groups is 1. The molecule has 1 amide bonds. The van der Waals surface area contributed by atoms with E-state index < -0.39 is 5.91 Å². The van der Waals surface area contributed by atoms with Gasteiger partial charge in [0.15, 0.2) is 10.3 Å². The summed E-state index contributed by atoms with van der Waals surface area (Å²) in [4.78, 5) is 13.6. The Kier molecular flexibility index (Phi) is 6.01.